The molecule has 0 aromatic rings. The van der Waals surface area contributed by atoms with Crippen LogP contribution in [0.5, 0.6) is 0 Å². The molecule has 1 fully saturated rings. The Labute approximate surface area is 105 Å². The van der Waals surface area contributed by atoms with Gasteiger partial charge in [-0.3, -0.25) is 4.79 Å². The van der Waals surface area contributed by atoms with Crippen LogP contribution in [0.1, 0.15) is 33.1 Å². The highest BCUT2D eigenvalue weighted by molar-refractivity contribution is 5.79. The Balaban J connectivity index is 2.39. The molecule has 100 valence electrons. The van der Waals surface area contributed by atoms with E-state index in [1.807, 2.05) is 11.9 Å². The van der Waals surface area contributed by atoms with E-state index < -0.39 is 0 Å². The summed E-state index contributed by atoms with van der Waals surface area (Å²) in [5, 5.41) is 3.33. The lowest BCUT2D eigenvalue weighted by Crippen LogP contribution is -2.44. The number of likely N-dealkylation sites (N-methyl/N-ethyl adjacent to an activating group) is 1. The molecule has 0 bridgehead atoms. The normalized spacial score (nSPS) is 23.9. The van der Waals surface area contributed by atoms with Crippen LogP contribution in [-0.4, -0.2) is 50.2 Å². The van der Waals surface area contributed by atoms with E-state index in [1.54, 1.807) is 0 Å². The fraction of sp³-hybridized carbons (Fsp3) is 0.923. The zero-order valence-corrected chi connectivity index (χ0v) is 11.4. The first-order valence-electron chi connectivity index (χ1n) is 6.76. The molecule has 2 unspecified atom stereocenters. The monoisotopic (exact) mass is 242 g/mol. The standard InChI is InChI=1S/C13H26N2O2/c1-4-6-7-8-15(3)13(16)11-9-17-10-12(11)14-5-2/h11-12,14H,4-10H2,1-3H3. The molecule has 0 radical (unpaired) electrons. The van der Waals surface area contributed by atoms with E-state index in [1.165, 1.54) is 12.8 Å². The first-order chi connectivity index (χ1) is 8.20. The summed E-state index contributed by atoms with van der Waals surface area (Å²) in [6, 6.07) is 0.195. The number of hydrogen-bond acceptors (Lipinski definition) is 3. The molecule has 17 heavy (non-hydrogen) atoms. The van der Waals surface area contributed by atoms with E-state index >= 15 is 0 Å². The van der Waals surface area contributed by atoms with Crippen molar-refractivity contribution >= 4 is 5.91 Å². The number of nitrogens with one attached hydrogen (secondary N) is 1. The van der Waals surface area contributed by atoms with Gasteiger partial charge in [0.1, 0.15) is 0 Å². The largest absolute Gasteiger partial charge is 0.379 e. The summed E-state index contributed by atoms with van der Waals surface area (Å²) in [5.41, 5.74) is 0. The predicted molar refractivity (Wildman–Crippen MR) is 68.9 cm³/mol. The summed E-state index contributed by atoms with van der Waals surface area (Å²) >= 11 is 0. The van der Waals surface area contributed by atoms with Crippen molar-refractivity contribution in [2.75, 3.05) is 33.4 Å². The van der Waals surface area contributed by atoms with Crippen LogP contribution in [0, 0.1) is 5.92 Å². The summed E-state index contributed by atoms with van der Waals surface area (Å²) in [4.78, 5) is 14.1. The second-order valence-electron chi connectivity index (χ2n) is 4.78. The highest BCUT2D eigenvalue weighted by atomic mass is 16.5. The van der Waals surface area contributed by atoms with Crippen molar-refractivity contribution in [2.45, 2.75) is 39.2 Å². The van der Waals surface area contributed by atoms with Gasteiger partial charge in [-0.25, -0.2) is 0 Å². The molecule has 1 aliphatic heterocycles. The molecule has 0 saturated carbocycles. The zero-order chi connectivity index (χ0) is 12.7. The summed E-state index contributed by atoms with van der Waals surface area (Å²) in [5.74, 6) is 0.228. The Morgan fingerprint density at radius 3 is 2.76 bits per heavy atom. The Hall–Kier alpha value is -0.610. The number of ether oxygens (including phenoxy) is 1. The molecule has 0 spiro atoms. The van der Waals surface area contributed by atoms with Crippen LogP contribution >= 0.6 is 0 Å². The predicted octanol–water partition coefficient (Wildman–Crippen LogP) is 1.26. The maximum atomic E-state index is 12.2. The Bertz CT molecular complexity index is 233. The minimum absolute atomic E-state index is 0.00146. The van der Waals surface area contributed by atoms with E-state index in [0.717, 1.165) is 19.5 Å². The van der Waals surface area contributed by atoms with Gasteiger partial charge in [0.15, 0.2) is 0 Å². The molecule has 1 rings (SSSR count). The van der Waals surface area contributed by atoms with Gasteiger partial charge >= 0.3 is 0 Å². The van der Waals surface area contributed by atoms with E-state index in [4.69, 9.17) is 4.74 Å². The fourth-order valence-corrected chi connectivity index (χ4v) is 2.25. The molecular weight excluding hydrogens is 216 g/mol. The van der Waals surface area contributed by atoms with E-state index in [9.17, 15) is 4.79 Å². The zero-order valence-electron chi connectivity index (χ0n) is 11.4. The third-order valence-corrected chi connectivity index (χ3v) is 3.34. The summed E-state index contributed by atoms with van der Waals surface area (Å²) < 4.78 is 5.41. The van der Waals surface area contributed by atoms with Crippen LogP contribution in [0.4, 0.5) is 0 Å². The van der Waals surface area contributed by atoms with Crippen molar-refractivity contribution in [1.29, 1.82) is 0 Å². The SMILES string of the molecule is CCCCCN(C)C(=O)C1COCC1NCC. The average molecular weight is 242 g/mol. The lowest BCUT2D eigenvalue weighted by Gasteiger charge is -2.24. The summed E-state index contributed by atoms with van der Waals surface area (Å²) in [6.07, 6.45) is 3.47. The molecule has 4 nitrogen and oxygen atoms in total. The Morgan fingerprint density at radius 1 is 1.35 bits per heavy atom. The summed E-state index contributed by atoms with van der Waals surface area (Å²) in [6.45, 7) is 7.21. The number of carbonyl (C=O) groups is 1. The van der Waals surface area contributed by atoms with Gasteiger partial charge in [0, 0.05) is 19.6 Å². The highest BCUT2D eigenvalue weighted by Gasteiger charge is 2.34. The number of carbonyl (C=O) groups excluding carboxylic acids is 1. The fourth-order valence-electron chi connectivity index (χ4n) is 2.25. The van der Waals surface area contributed by atoms with Crippen molar-refractivity contribution in [3.05, 3.63) is 0 Å². The number of hydrogen-bond donors (Lipinski definition) is 1. The van der Waals surface area contributed by atoms with Crippen molar-refractivity contribution < 1.29 is 9.53 Å². The minimum Gasteiger partial charge on any atom is -0.379 e. The molecule has 1 aliphatic rings. The van der Waals surface area contributed by atoms with Gasteiger partial charge in [-0.05, 0) is 13.0 Å². The van der Waals surface area contributed by atoms with Crippen LogP contribution in [-0.2, 0) is 9.53 Å². The first kappa shape index (κ1) is 14.5. The molecular formula is C13H26N2O2. The van der Waals surface area contributed by atoms with Crippen molar-refractivity contribution in [2.24, 2.45) is 5.92 Å². The molecule has 1 amide bonds. The molecule has 1 saturated heterocycles. The molecule has 2 atom stereocenters. The van der Waals surface area contributed by atoms with Gasteiger partial charge in [-0.2, -0.15) is 0 Å². The van der Waals surface area contributed by atoms with Gasteiger partial charge in [-0.1, -0.05) is 26.7 Å². The molecule has 0 aromatic carbocycles. The van der Waals surface area contributed by atoms with Crippen LogP contribution in [0.3, 0.4) is 0 Å². The first-order valence-corrected chi connectivity index (χ1v) is 6.76. The van der Waals surface area contributed by atoms with Crippen LogP contribution < -0.4 is 5.32 Å². The van der Waals surface area contributed by atoms with Gasteiger partial charge in [0.05, 0.1) is 19.1 Å². The quantitative estimate of drug-likeness (QED) is 0.683. The van der Waals surface area contributed by atoms with Gasteiger partial charge < -0.3 is 15.0 Å². The lowest BCUT2D eigenvalue weighted by molar-refractivity contribution is -0.134. The van der Waals surface area contributed by atoms with Crippen LogP contribution in [0.2, 0.25) is 0 Å². The van der Waals surface area contributed by atoms with Gasteiger partial charge in [-0.15, -0.1) is 0 Å². The number of rotatable bonds is 7. The van der Waals surface area contributed by atoms with E-state index in [-0.39, 0.29) is 17.9 Å². The Morgan fingerprint density at radius 2 is 2.12 bits per heavy atom. The lowest BCUT2D eigenvalue weighted by atomic mass is 10.0. The van der Waals surface area contributed by atoms with Crippen molar-refractivity contribution in [3.63, 3.8) is 0 Å². The second-order valence-corrected chi connectivity index (χ2v) is 4.78. The minimum atomic E-state index is 0.00146. The van der Waals surface area contributed by atoms with Crippen molar-refractivity contribution in [1.82, 2.24) is 10.2 Å². The topological polar surface area (TPSA) is 41.6 Å². The summed E-state index contributed by atoms with van der Waals surface area (Å²) in [7, 11) is 1.90. The highest BCUT2D eigenvalue weighted by Crippen LogP contribution is 2.16. The number of amides is 1. The van der Waals surface area contributed by atoms with Crippen LogP contribution in [0.15, 0.2) is 0 Å². The third-order valence-electron chi connectivity index (χ3n) is 3.34. The maximum absolute atomic E-state index is 12.2. The van der Waals surface area contributed by atoms with Gasteiger partial charge in [0.25, 0.3) is 0 Å². The van der Waals surface area contributed by atoms with Gasteiger partial charge in [0.2, 0.25) is 5.91 Å². The number of unbranched alkanes of at least 4 members (excludes halogenated alkanes) is 2. The molecule has 1 N–H and O–H groups in total. The number of nitrogens with zero attached hydrogens (tertiary/aromatic N) is 1. The van der Waals surface area contributed by atoms with Crippen LogP contribution in [0.25, 0.3) is 0 Å². The van der Waals surface area contributed by atoms with E-state index in [0.29, 0.717) is 13.2 Å². The Kier molecular flexibility index (Phi) is 6.52. The molecule has 0 aromatic heterocycles. The molecule has 1 heterocycles. The average Bonchev–Trinajstić information content (AvgIpc) is 2.77. The van der Waals surface area contributed by atoms with Crippen molar-refractivity contribution in [3.8, 4) is 0 Å². The third kappa shape index (κ3) is 4.28. The van der Waals surface area contributed by atoms with E-state index in [2.05, 4.69) is 19.2 Å². The smallest absolute Gasteiger partial charge is 0.229 e. The molecule has 4 heteroatoms. The maximum Gasteiger partial charge on any atom is 0.229 e. The second kappa shape index (κ2) is 7.67. The molecule has 0 aliphatic carbocycles.